The maximum atomic E-state index is 13.0. The van der Waals surface area contributed by atoms with Crippen LogP contribution >= 0.6 is 11.3 Å². The number of carbonyl (C=O) groups is 1. The van der Waals surface area contributed by atoms with E-state index >= 15 is 0 Å². The van der Waals surface area contributed by atoms with E-state index in [0.717, 1.165) is 19.3 Å². The van der Waals surface area contributed by atoms with Gasteiger partial charge in [0.2, 0.25) is 0 Å². The Morgan fingerprint density at radius 3 is 3.11 bits per heavy atom. The number of halogens is 2. The van der Waals surface area contributed by atoms with E-state index in [0.29, 0.717) is 6.54 Å². The quantitative estimate of drug-likeness (QED) is 0.869. The smallest absolute Gasteiger partial charge is 0.377 e. The summed E-state index contributed by atoms with van der Waals surface area (Å²) in [6.07, 6.45) is 1.97. The van der Waals surface area contributed by atoms with Crippen molar-refractivity contribution in [1.82, 2.24) is 5.32 Å². The summed E-state index contributed by atoms with van der Waals surface area (Å²) in [5, 5.41) is 5.32. The molecule has 0 radical (unpaired) electrons. The molecule has 1 aromatic heterocycles. The van der Waals surface area contributed by atoms with E-state index in [1.165, 1.54) is 10.4 Å². The first-order chi connectivity index (χ1) is 9.06. The second kappa shape index (κ2) is 4.83. The van der Waals surface area contributed by atoms with Gasteiger partial charge in [0.1, 0.15) is 6.10 Å². The van der Waals surface area contributed by atoms with Crippen molar-refractivity contribution in [2.75, 3.05) is 6.54 Å². The van der Waals surface area contributed by atoms with Crippen molar-refractivity contribution in [2.45, 2.75) is 43.8 Å². The van der Waals surface area contributed by atoms with Crippen molar-refractivity contribution in [3.63, 3.8) is 0 Å². The molecule has 2 unspecified atom stereocenters. The third kappa shape index (κ3) is 2.51. The second-order valence-electron chi connectivity index (χ2n) is 5.09. The average molecular weight is 287 g/mol. The van der Waals surface area contributed by atoms with E-state index in [9.17, 15) is 13.6 Å². The van der Waals surface area contributed by atoms with Crippen molar-refractivity contribution >= 4 is 17.3 Å². The van der Waals surface area contributed by atoms with Crippen LogP contribution in [0.25, 0.3) is 0 Å². The molecule has 1 N–H and O–H groups in total. The Balaban J connectivity index is 1.59. The number of hydrogen-bond acceptors (Lipinski definition) is 4. The minimum Gasteiger partial charge on any atom is -0.456 e. The highest BCUT2D eigenvalue weighted by atomic mass is 32.1. The van der Waals surface area contributed by atoms with Crippen LogP contribution in [0.1, 0.15) is 35.7 Å². The van der Waals surface area contributed by atoms with Gasteiger partial charge < -0.3 is 10.1 Å². The van der Waals surface area contributed by atoms with Crippen LogP contribution in [0.15, 0.2) is 11.4 Å². The topological polar surface area (TPSA) is 38.3 Å². The number of nitrogens with one attached hydrogen (secondary N) is 1. The largest absolute Gasteiger partial charge is 0.456 e. The molecule has 2 atom stereocenters. The van der Waals surface area contributed by atoms with Crippen molar-refractivity contribution < 1.29 is 18.3 Å². The van der Waals surface area contributed by atoms with Crippen LogP contribution in [0, 0.1) is 0 Å². The highest BCUT2D eigenvalue weighted by Crippen LogP contribution is 2.34. The first-order valence-electron chi connectivity index (χ1n) is 6.45. The fourth-order valence-electron chi connectivity index (χ4n) is 2.73. The molecular formula is C13H15F2NO2S. The Bertz CT molecular complexity index is 489. The molecule has 0 spiro atoms. The zero-order chi connectivity index (χ0) is 13.5. The Hall–Kier alpha value is -1.01. The van der Waals surface area contributed by atoms with Crippen LogP contribution in [0.3, 0.4) is 0 Å². The number of thiophene rings is 1. The number of carbonyl (C=O) groups excluding carboxylic acids is 1. The molecule has 19 heavy (non-hydrogen) atoms. The Labute approximate surface area is 114 Å². The predicted octanol–water partition coefficient (Wildman–Crippen LogP) is 2.67. The zero-order valence-electron chi connectivity index (χ0n) is 10.3. The fraction of sp³-hybridized carbons (Fsp3) is 0.615. The molecule has 3 rings (SSSR count). The molecule has 0 saturated carbocycles. The van der Waals surface area contributed by atoms with E-state index in [2.05, 4.69) is 21.5 Å². The molecule has 2 aliphatic rings. The number of aryl methyl sites for hydroxylation is 1. The average Bonchev–Trinajstić information content (AvgIpc) is 2.92. The van der Waals surface area contributed by atoms with Gasteiger partial charge >= 0.3 is 11.9 Å². The Kier molecular flexibility index (Phi) is 3.30. The molecule has 3 nitrogen and oxygen atoms in total. The second-order valence-corrected chi connectivity index (χ2v) is 6.09. The minimum atomic E-state index is -3.31. The standard InChI is InChI=1S/C13H15F2NO2S/c14-13(15)6-8(18-12(13)17)7-16-10-2-1-3-11-9(10)4-5-19-11/h4-5,8,10,16H,1-3,6-7H2. The molecule has 104 valence electrons. The van der Waals surface area contributed by atoms with Gasteiger partial charge in [0.15, 0.2) is 0 Å². The zero-order valence-corrected chi connectivity index (χ0v) is 11.1. The number of alkyl halides is 2. The van der Waals surface area contributed by atoms with E-state index in [-0.39, 0.29) is 6.04 Å². The molecule has 1 aliphatic heterocycles. The molecule has 0 aromatic carbocycles. The van der Waals surface area contributed by atoms with E-state index in [4.69, 9.17) is 0 Å². The van der Waals surface area contributed by atoms with Gasteiger partial charge in [0, 0.05) is 17.5 Å². The van der Waals surface area contributed by atoms with Crippen molar-refractivity contribution in [3.8, 4) is 0 Å². The van der Waals surface area contributed by atoms with Crippen molar-refractivity contribution in [2.24, 2.45) is 0 Å². The summed E-state index contributed by atoms with van der Waals surface area (Å²) in [6.45, 7) is 0.293. The van der Waals surface area contributed by atoms with Gasteiger partial charge in [-0.25, -0.2) is 4.79 Å². The monoisotopic (exact) mass is 287 g/mol. The maximum absolute atomic E-state index is 13.0. The summed E-state index contributed by atoms with van der Waals surface area (Å²) < 4.78 is 30.8. The first-order valence-corrected chi connectivity index (χ1v) is 7.33. The number of esters is 1. The normalized spacial score (nSPS) is 29.1. The van der Waals surface area contributed by atoms with Gasteiger partial charge in [-0.05, 0) is 36.3 Å². The lowest BCUT2D eigenvalue weighted by Gasteiger charge is -2.24. The number of ether oxygens (including phenoxy) is 1. The molecule has 1 saturated heterocycles. The number of hydrogen-bond donors (Lipinski definition) is 1. The van der Waals surface area contributed by atoms with Gasteiger partial charge in [0.25, 0.3) is 0 Å². The number of rotatable bonds is 3. The highest BCUT2D eigenvalue weighted by molar-refractivity contribution is 7.10. The highest BCUT2D eigenvalue weighted by Gasteiger charge is 2.50. The first kappa shape index (κ1) is 13.0. The van der Waals surface area contributed by atoms with Gasteiger partial charge in [0.05, 0.1) is 6.42 Å². The SMILES string of the molecule is O=C1OC(CNC2CCCc3sccc32)CC1(F)F. The molecule has 0 bridgehead atoms. The van der Waals surface area contributed by atoms with Crippen molar-refractivity contribution in [1.29, 1.82) is 0 Å². The van der Waals surface area contributed by atoms with Crippen LogP contribution in [0.2, 0.25) is 0 Å². The lowest BCUT2D eigenvalue weighted by Crippen LogP contribution is -2.32. The van der Waals surface area contributed by atoms with Crippen LogP contribution in [-0.4, -0.2) is 24.5 Å². The predicted molar refractivity (Wildman–Crippen MR) is 67.4 cm³/mol. The van der Waals surface area contributed by atoms with Crippen LogP contribution < -0.4 is 5.32 Å². The molecule has 0 amide bonds. The molecule has 2 heterocycles. The summed E-state index contributed by atoms with van der Waals surface area (Å²) in [7, 11) is 0. The van der Waals surface area contributed by atoms with Gasteiger partial charge in [-0.3, -0.25) is 0 Å². The lowest BCUT2D eigenvalue weighted by atomic mass is 9.94. The van der Waals surface area contributed by atoms with E-state index in [1.54, 1.807) is 11.3 Å². The number of fused-ring (bicyclic) bond motifs is 1. The Morgan fingerprint density at radius 2 is 2.37 bits per heavy atom. The number of cyclic esters (lactones) is 1. The third-order valence-electron chi connectivity index (χ3n) is 3.70. The summed E-state index contributed by atoms with van der Waals surface area (Å²) in [5.74, 6) is -4.70. The third-order valence-corrected chi connectivity index (χ3v) is 4.70. The van der Waals surface area contributed by atoms with Crippen LogP contribution in [0.5, 0.6) is 0 Å². The lowest BCUT2D eigenvalue weighted by molar-refractivity contribution is -0.159. The van der Waals surface area contributed by atoms with Gasteiger partial charge in [-0.1, -0.05) is 0 Å². The molecule has 1 aromatic rings. The summed E-state index contributed by atoms with van der Waals surface area (Å²) in [5.41, 5.74) is 1.27. The van der Waals surface area contributed by atoms with Gasteiger partial charge in [-0.15, -0.1) is 11.3 Å². The van der Waals surface area contributed by atoms with Crippen LogP contribution in [-0.2, 0) is 16.0 Å². The van der Waals surface area contributed by atoms with Gasteiger partial charge in [-0.2, -0.15) is 8.78 Å². The summed E-state index contributed by atoms with van der Waals surface area (Å²) in [6, 6.07) is 2.29. The molecular weight excluding hydrogens is 272 g/mol. The van der Waals surface area contributed by atoms with E-state index < -0.39 is 24.4 Å². The molecule has 1 fully saturated rings. The minimum absolute atomic E-state index is 0.197. The Morgan fingerprint density at radius 1 is 1.53 bits per heavy atom. The van der Waals surface area contributed by atoms with Crippen LogP contribution in [0.4, 0.5) is 8.78 Å². The van der Waals surface area contributed by atoms with E-state index in [1.807, 2.05) is 0 Å². The summed E-state index contributed by atoms with van der Waals surface area (Å²) in [4.78, 5) is 12.3. The fourth-order valence-corrected chi connectivity index (χ4v) is 3.72. The summed E-state index contributed by atoms with van der Waals surface area (Å²) >= 11 is 1.74. The van der Waals surface area contributed by atoms with Crippen molar-refractivity contribution in [3.05, 3.63) is 21.9 Å². The molecule has 6 heteroatoms. The maximum Gasteiger partial charge on any atom is 0.377 e. The molecule has 1 aliphatic carbocycles.